The Balaban J connectivity index is 2.05. The van der Waals surface area contributed by atoms with Crippen LogP contribution in [-0.4, -0.2) is 18.5 Å². The number of ether oxygens (including phenoxy) is 1. The number of rotatable bonds is 6. The average Bonchev–Trinajstić information content (AvgIpc) is 3.13. The third-order valence-corrected chi connectivity index (χ3v) is 3.33. The van der Waals surface area contributed by atoms with Gasteiger partial charge < -0.3 is 4.74 Å². The lowest BCUT2D eigenvalue weighted by molar-refractivity contribution is -0.131. The van der Waals surface area contributed by atoms with E-state index in [0.717, 1.165) is 12.8 Å². The lowest BCUT2D eigenvalue weighted by atomic mass is 10.0. The summed E-state index contributed by atoms with van der Waals surface area (Å²) in [5, 5.41) is 0.340. The van der Waals surface area contributed by atoms with Gasteiger partial charge in [0, 0.05) is 18.1 Å². The summed E-state index contributed by atoms with van der Waals surface area (Å²) in [5.41, 5.74) is 0.384. The molecule has 2 nitrogen and oxygen atoms in total. The fraction of sp³-hybridized carbons (Fsp3) is 0.500. The summed E-state index contributed by atoms with van der Waals surface area (Å²) in [4.78, 5) is 12.1. The van der Waals surface area contributed by atoms with Crippen LogP contribution in [0.5, 0.6) is 0 Å². The van der Waals surface area contributed by atoms with Crippen molar-refractivity contribution >= 4 is 17.4 Å². The van der Waals surface area contributed by atoms with Crippen molar-refractivity contribution in [1.29, 1.82) is 0 Å². The summed E-state index contributed by atoms with van der Waals surface area (Å²) < 4.78 is 19.1. The molecule has 1 aliphatic carbocycles. The zero-order valence-corrected chi connectivity index (χ0v) is 11.0. The van der Waals surface area contributed by atoms with Gasteiger partial charge in [0.2, 0.25) is 0 Å². The van der Waals surface area contributed by atoms with E-state index in [4.69, 9.17) is 16.3 Å². The molecule has 0 N–H and O–H groups in total. The van der Waals surface area contributed by atoms with Gasteiger partial charge in [-0.05, 0) is 43.4 Å². The highest BCUT2D eigenvalue weighted by Gasteiger charge is 2.36. The van der Waals surface area contributed by atoms with Gasteiger partial charge in [0.15, 0.2) is 5.78 Å². The van der Waals surface area contributed by atoms with E-state index in [1.54, 1.807) is 12.1 Å². The van der Waals surface area contributed by atoms with Gasteiger partial charge in [-0.25, -0.2) is 4.39 Å². The topological polar surface area (TPSA) is 26.3 Å². The molecule has 0 aromatic heterocycles. The maximum Gasteiger partial charge on any atom is 0.166 e. The van der Waals surface area contributed by atoms with Crippen molar-refractivity contribution in [3.63, 3.8) is 0 Å². The summed E-state index contributed by atoms with van der Waals surface area (Å²) in [7, 11) is 0. The standard InChI is InChI=1S/C14H16ClFO2/c1-2-18-14(9-3-4-9)13(17)7-10-5-6-11(15)8-12(10)16/h5-6,8-9,14H,2-4,7H2,1H3. The number of benzene rings is 1. The summed E-state index contributed by atoms with van der Waals surface area (Å²) in [6.45, 7) is 2.38. The molecule has 0 saturated heterocycles. The van der Waals surface area contributed by atoms with Crippen LogP contribution in [0.3, 0.4) is 0 Å². The number of Topliss-reactive ketones (excluding diaryl/α,β-unsaturated/α-hetero) is 1. The van der Waals surface area contributed by atoms with Crippen LogP contribution in [0, 0.1) is 11.7 Å². The van der Waals surface area contributed by atoms with E-state index >= 15 is 0 Å². The van der Waals surface area contributed by atoms with Gasteiger partial charge in [-0.2, -0.15) is 0 Å². The van der Waals surface area contributed by atoms with Crippen LogP contribution in [0.1, 0.15) is 25.3 Å². The molecule has 1 unspecified atom stereocenters. The molecule has 0 aliphatic heterocycles. The zero-order valence-electron chi connectivity index (χ0n) is 10.3. The Morgan fingerprint density at radius 2 is 2.28 bits per heavy atom. The van der Waals surface area contributed by atoms with Crippen LogP contribution < -0.4 is 0 Å². The molecule has 1 aromatic rings. The number of hydrogen-bond donors (Lipinski definition) is 0. The highest BCUT2D eigenvalue weighted by atomic mass is 35.5. The first-order valence-corrected chi connectivity index (χ1v) is 6.58. The fourth-order valence-corrected chi connectivity index (χ4v) is 2.18. The predicted octanol–water partition coefficient (Wildman–Crippen LogP) is 3.41. The van der Waals surface area contributed by atoms with Crippen molar-refractivity contribution in [1.82, 2.24) is 0 Å². The van der Waals surface area contributed by atoms with Crippen molar-refractivity contribution in [2.75, 3.05) is 6.61 Å². The number of carbonyl (C=O) groups excluding carboxylic acids is 1. The molecule has 18 heavy (non-hydrogen) atoms. The van der Waals surface area contributed by atoms with E-state index in [0.29, 0.717) is 23.1 Å². The maximum atomic E-state index is 13.6. The number of hydrogen-bond acceptors (Lipinski definition) is 2. The maximum absolute atomic E-state index is 13.6. The zero-order chi connectivity index (χ0) is 13.1. The normalized spacial score (nSPS) is 16.6. The van der Waals surface area contributed by atoms with Gasteiger partial charge >= 0.3 is 0 Å². The molecule has 0 bridgehead atoms. The van der Waals surface area contributed by atoms with Gasteiger partial charge in [0.05, 0.1) is 0 Å². The van der Waals surface area contributed by atoms with Gasteiger partial charge in [-0.1, -0.05) is 17.7 Å². The van der Waals surface area contributed by atoms with Gasteiger partial charge in [-0.15, -0.1) is 0 Å². The summed E-state index contributed by atoms with van der Waals surface area (Å²) in [5.74, 6) is -0.143. The SMILES string of the molecule is CCOC(C(=O)Cc1ccc(Cl)cc1F)C1CC1. The Bertz CT molecular complexity index is 443. The largest absolute Gasteiger partial charge is 0.370 e. The predicted molar refractivity (Wildman–Crippen MR) is 68.3 cm³/mol. The molecule has 0 radical (unpaired) electrons. The highest BCUT2D eigenvalue weighted by molar-refractivity contribution is 6.30. The van der Waals surface area contributed by atoms with E-state index in [9.17, 15) is 9.18 Å². The fourth-order valence-electron chi connectivity index (χ4n) is 2.02. The molecule has 1 aliphatic rings. The minimum atomic E-state index is -0.429. The molecule has 1 aromatic carbocycles. The summed E-state index contributed by atoms with van der Waals surface area (Å²) in [6.07, 6.45) is 1.76. The molecule has 1 atom stereocenters. The smallest absolute Gasteiger partial charge is 0.166 e. The van der Waals surface area contributed by atoms with Crippen LogP contribution in [0.25, 0.3) is 0 Å². The lowest BCUT2D eigenvalue weighted by Crippen LogP contribution is -2.28. The summed E-state index contributed by atoms with van der Waals surface area (Å²) >= 11 is 5.68. The second-order valence-corrected chi connectivity index (χ2v) is 5.03. The summed E-state index contributed by atoms with van der Waals surface area (Å²) in [6, 6.07) is 4.39. The molecule has 0 amide bonds. The van der Waals surface area contributed by atoms with Crippen molar-refractivity contribution in [2.24, 2.45) is 5.92 Å². The van der Waals surface area contributed by atoms with Crippen LogP contribution in [0.2, 0.25) is 5.02 Å². The van der Waals surface area contributed by atoms with E-state index < -0.39 is 5.82 Å². The Hall–Kier alpha value is -0.930. The van der Waals surface area contributed by atoms with Gasteiger partial charge in [0.1, 0.15) is 11.9 Å². The molecule has 4 heteroatoms. The molecule has 0 spiro atoms. The van der Waals surface area contributed by atoms with Gasteiger partial charge in [0.25, 0.3) is 0 Å². The molecular weight excluding hydrogens is 255 g/mol. The quantitative estimate of drug-likeness (QED) is 0.792. The van der Waals surface area contributed by atoms with Crippen LogP contribution in [-0.2, 0) is 16.0 Å². The molecule has 1 saturated carbocycles. The molecule has 98 valence electrons. The van der Waals surface area contributed by atoms with Crippen LogP contribution in [0.4, 0.5) is 4.39 Å². The molecule has 1 fully saturated rings. The number of ketones is 1. The molecular formula is C14H16ClFO2. The minimum Gasteiger partial charge on any atom is -0.370 e. The molecule has 2 rings (SSSR count). The average molecular weight is 271 g/mol. The first-order valence-electron chi connectivity index (χ1n) is 6.20. The Morgan fingerprint density at radius 3 is 2.83 bits per heavy atom. The number of halogens is 2. The van der Waals surface area contributed by atoms with E-state index in [-0.39, 0.29) is 18.3 Å². The molecule has 0 heterocycles. The van der Waals surface area contributed by atoms with Crippen molar-refractivity contribution in [2.45, 2.75) is 32.3 Å². The third kappa shape index (κ3) is 3.30. The highest BCUT2D eigenvalue weighted by Crippen LogP contribution is 2.35. The van der Waals surface area contributed by atoms with Crippen molar-refractivity contribution in [3.05, 3.63) is 34.6 Å². The second-order valence-electron chi connectivity index (χ2n) is 4.59. The lowest BCUT2D eigenvalue weighted by Gasteiger charge is -2.15. The Kier molecular flexibility index (Phi) is 4.36. The third-order valence-electron chi connectivity index (χ3n) is 3.09. The van der Waals surface area contributed by atoms with Gasteiger partial charge in [-0.3, -0.25) is 4.79 Å². The van der Waals surface area contributed by atoms with E-state index in [1.165, 1.54) is 6.07 Å². The Labute approximate surface area is 111 Å². The minimum absolute atomic E-state index is 0.0411. The number of carbonyl (C=O) groups is 1. The van der Waals surface area contributed by atoms with E-state index in [2.05, 4.69) is 0 Å². The first kappa shape index (κ1) is 13.5. The van der Waals surface area contributed by atoms with Crippen molar-refractivity contribution in [3.8, 4) is 0 Å². The van der Waals surface area contributed by atoms with Crippen molar-refractivity contribution < 1.29 is 13.9 Å². The van der Waals surface area contributed by atoms with E-state index in [1.807, 2.05) is 6.92 Å². The first-order chi connectivity index (χ1) is 8.61. The second kappa shape index (κ2) is 5.81. The van der Waals surface area contributed by atoms with Crippen LogP contribution >= 0.6 is 11.6 Å². The monoisotopic (exact) mass is 270 g/mol. The Morgan fingerprint density at radius 1 is 1.56 bits per heavy atom. The van der Waals surface area contributed by atoms with Crippen LogP contribution in [0.15, 0.2) is 18.2 Å².